The van der Waals surface area contributed by atoms with Crippen molar-refractivity contribution < 1.29 is 19.1 Å². The van der Waals surface area contributed by atoms with Gasteiger partial charge in [0.2, 0.25) is 0 Å². The second-order valence-corrected chi connectivity index (χ2v) is 8.01. The van der Waals surface area contributed by atoms with E-state index in [-0.39, 0.29) is 18.6 Å². The van der Waals surface area contributed by atoms with Crippen molar-refractivity contribution in [2.24, 2.45) is 0 Å². The summed E-state index contributed by atoms with van der Waals surface area (Å²) < 4.78 is 11.7. The predicted octanol–water partition coefficient (Wildman–Crippen LogP) is 4.12. The number of ether oxygens (including phenoxy) is 2. The van der Waals surface area contributed by atoms with E-state index in [1.807, 2.05) is 48.5 Å². The number of pyridine rings is 1. The molecule has 30 heavy (non-hydrogen) atoms. The number of carbonyl (C=O) groups excluding carboxylic acids is 2. The van der Waals surface area contributed by atoms with Gasteiger partial charge in [-0.15, -0.1) is 0 Å². The Morgan fingerprint density at radius 3 is 2.73 bits per heavy atom. The zero-order valence-electron chi connectivity index (χ0n) is 16.3. The predicted molar refractivity (Wildman–Crippen MR) is 117 cm³/mol. The van der Waals surface area contributed by atoms with E-state index in [0.29, 0.717) is 28.7 Å². The number of para-hydroxylation sites is 1. The molecular weight excluding hydrogens is 448 g/mol. The van der Waals surface area contributed by atoms with E-state index in [1.54, 1.807) is 6.07 Å². The van der Waals surface area contributed by atoms with Gasteiger partial charge in [0.1, 0.15) is 0 Å². The maximum Gasteiger partial charge on any atom is 0.339 e. The lowest BCUT2D eigenvalue weighted by Gasteiger charge is -2.12. The van der Waals surface area contributed by atoms with Gasteiger partial charge in [-0.25, -0.2) is 9.78 Å². The standard InChI is InChI=1S/C23H21BrN2O4/c24-16-9-7-15(8-10-16)21-12-19(18-5-1-2-6-20(18)26-21)23(28)30-14-22(27)25-13-17-4-3-11-29-17/h1-2,5-10,12,17H,3-4,11,13-14H2,(H,25,27)/t17-/m1/s1. The monoisotopic (exact) mass is 468 g/mol. The van der Waals surface area contributed by atoms with Crippen LogP contribution in [0.25, 0.3) is 22.2 Å². The van der Waals surface area contributed by atoms with Crippen LogP contribution in [-0.4, -0.2) is 42.7 Å². The van der Waals surface area contributed by atoms with Gasteiger partial charge in [0.05, 0.1) is 22.9 Å². The highest BCUT2D eigenvalue weighted by molar-refractivity contribution is 9.10. The maximum atomic E-state index is 12.8. The first kappa shape index (κ1) is 20.5. The van der Waals surface area contributed by atoms with Crippen molar-refractivity contribution in [1.82, 2.24) is 10.3 Å². The van der Waals surface area contributed by atoms with Crippen LogP contribution in [0.3, 0.4) is 0 Å². The van der Waals surface area contributed by atoms with Crippen molar-refractivity contribution in [1.29, 1.82) is 0 Å². The van der Waals surface area contributed by atoms with Crippen LogP contribution in [0.4, 0.5) is 0 Å². The Morgan fingerprint density at radius 2 is 1.97 bits per heavy atom. The average molecular weight is 469 g/mol. The van der Waals surface area contributed by atoms with Crippen molar-refractivity contribution in [3.63, 3.8) is 0 Å². The van der Waals surface area contributed by atoms with Crippen molar-refractivity contribution in [2.45, 2.75) is 18.9 Å². The largest absolute Gasteiger partial charge is 0.452 e. The fourth-order valence-electron chi connectivity index (χ4n) is 3.41. The SMILES string of the molecule is O=C(COC(=O)c1cc(-c2ccc(Br)cc2)nc2ccccc12)NC[C@H]1CCCO1. The average Bonchev–Trinajstić information content (AvgIpc) is 3.29. The highest BCUT2D eigenvalue weighted by Crippen LogP contribution is 2.26. The molecule has 1 aliphatic heterocycles. The van der Waals surface area contributed by atoms with Crippen molar-refractivity contribution in [2.75, 3.05) is 19.8 Å². The van der Waals surface area contributed by atoms with Crippen LogP contribution >= 0.6 is 15.9 Å². The molecule has 7 heteroatoms. The summed E-state index contributed by atoms with van der Waals surface area (Å²) in [6, 6.07) is 16.8. The number of carbonyl (C=O) groups is 2. The number of amides is 1. The van der Waals surface area contributed by atoms with Gasteiger partial charge < -0.3 is 14.8 Å². The lowest BCUT2D eigenvalue weighted by molar-refractivity contribution is -0.124. The number of nitrogens with one attached hydrogen (secondary N) is 1. The summed E-state index contributed by atoms with van der Waals surface area (Å²) >= 11 is 3.42. The summed E-state index contributed by atoms with van der Waals surface area (Å²) in [6.45, 7) is 0.823. The molecule has 1 aliphatic rings. The molecule has 2 heterocycles. The Hall–Kier alpha value is -2.77. The fraction of sp³-hybridized carbons (Fsp3) is 0.261. The zero-order valence-corrected chi connectivity index (χ0v) is 17.9. The molecule has 154 valence electrons. The van der Waals surface area contributed by atoms with Gasteiger partial charge in [-0.2, -0.15) is 0 Å². The number of aromatic nitrogens is 1. The topological polar surface area (TPSA) is 77.5 Å². The number of nitrogens with zero attached hydrogens (tertiary/aromatic N) is 1. The van der Waals surface area contributed by atoms with E-state index in [1.165, 1.54) is 0 Å². The molecular formula is C23H21BrN2O4. The molecule has 0 saturated carbocycles. The van der Waals surface area contributed by atoms with Crippen LogP contribution in [0.5, 0.6) is 0 Å². The molecule has 6 nitrogen and oxygen atoms in total. The molecule has 0 bridgehead atoms. The van der Waals surface area contributed by atoms with Gasteiger partial charge in [-0.05, 0) is 37.1 Å². The first-order valence-corrected chi connectivity index (χ1v) is 10.6. The molecule has 1 fully saturated rings. The van der Waals surface area contributed by atoms with Gasteiger partial charge in [-0.1, -0.05) is 46.3 Å². The number of rotatable bonds is 6. The molecule has 4 rings (SSSR count). The highest BCUT2D eigenvalue weighted by Gasteiger charge is 2.19. The minimum atomic E-state index is -0.556. The minimum absolute atomic E-state index is 0.0438. The Bertz CT molecular complexity index is 1060. The summed E-state index contributed by atoms with van der Waals surface area (Å²) in [5.41, 5.74) is 2.61. The van der Waals surface area contributed by atoms with Gasteiger partial charge in [-0.3, -0.25) is 4.79 Å². The summed E-state index contributed by atoms with van der Waals surface area (Å²) in [6.07, 6.45) is 1.98. The normalized spacial score (nSPS) is 15.8. The third kappa shape index (κ3) is 4.86. The summed E-state index contributed by atoms with van der Waals surface area (Å²) in [5, 5.41) is 3.44. The van der Waals surface area contributed by atoms with Crippen molar-refractivity contribution in [3.8, 4) is 11.3 Å². The molecule has 0 radical (unpaired) electrons. The van der Waals surface area contributed by atoms with Crippen LogP contribution in [0, 0.1) is 0 Å². The molecule has 0 aliphatic carbocycles. The first-order chi connectivity index (χ1) is 14.6. The molecule has 1 atom stereocenters. The second kappa shape index (κ2) is 9.36. The summed E-state index contributed by atoms with van der Waals surface area (Å²) in [5.74, 6) is -0.899. The number of hydrogen-bond donors (Lipinski definition) is 1. The van der Waals surface area contributed by atoms with Crippen molar-refractivity contribution >= 4 is 38.7 Å². The van der Waals surface area contributed by atoms with Gasteiger partial charge in [0.15, 0.2) is 6.61 Å². The first-order valence-electron chi connectivity index (χ1n) is 9.81. The van der Waals surface area contributed by atoms with E-state index in [0.717, 1.165) is 29.5 Å². The van der Waals surface area contributed by atoms with Crippen LogP contribution in [0.1, 0.15) is 23.2 Å². The Balaban J connectivity index is 1.50. The highest BCUT2D eigenvalue weighted by atomic mass is 79.9. The van der Waals surface area contributed by atoms with Crippen LogP contribution < -0.4 is 5.32 Å². The maximum absolute atomic E-state index is 12.8. The Morgan fingerprint density at radius 1 is 1.17 bits per heavy atom. The Labute approximate surface area is 182 Å². The number of benzene rings is 2. The smallest absolute Gasteiger partial charge is 0.339 e. The molecule has 1 N–H and O–H groups in total. The van der Waals surface area contributed by atoms with Crippen LogP contribution in [0.2, 0.25) is 0 Å². The Kier molecular flexibility index (Phi) is 6.40. The van der Waals surface area contributed by atoms with Gasteiger partial charge >= 0.3 is 5.97 Å². The number of halogens is 1. The quantitative estimate of drug-likeness (QED) is 0.550. The molecule has 0 unspecified atom stereocenters. The molecule has 2 aromatic carbocycles. The minimum Gasteiger partial charge on any atom is -0.452 e. The van der Waals surface area contributed by atoms with Crippen molar-refractivity contribution in [3.05, 3.63) is 64.6 Å². The summed E-state index contributed by atoms with van der Waals surface area (Å²) in [7, 11) is 0. The van der Waals surface area contributed by atoms with Crippen LogP contribution in [0.15, 0.2) is 59.1 Å². The molecule has 0 spiro atoms. The van der Waals surface area contributed by atoms with E-state index in [9.17, 15) is 9.59 Å². The number of fused-ring (bicyclic) bond motifs is 1. The van der Waals surface area contributed by atoms with E-state index >= 15 is 0 Å². The number of esters is 1. The number of hydrogen-bond acceptors (Lipinski definition) is 5. The summed E-state index contributed by atoms with van der Waals surface area (Å²) in [4.78, 5) is 29.5. The molecule has 1 saturated heterocycles. The lowest BCUT2D eigenvalue weighted by Crippen LogP contribution is -2.34. The van der Waals surface area contributed by atoms with Crippen LogP contribution in [-0.2, 0) is 14.3 Å². The van der Waals surface area contributed by atoms with Gasteiger partial charge in [0, 0.05) is 28.6 Å². The van der Waals surface area contributed by atoms with Gasteiger partial charge in [0.25, 0.3) is 5.91 Å². The zero-order chi connectivity index (χ0) is 20.9. The fourth-order valence-corrected chi connectivity index (χ4v) is 3.67. The van der Waals surface area contributed by atoms with E-state index in [2.05, 4.69) is 26.2 Å². The lowest BCUT2D eigenvalue weighted by atomic mass is 10.0. The second-order valence-electron chi connectivity index (χ2n) is 7.09. The third-order valence-corrected chi connectivity index (χ3v) is 5.49. The molecule has 1 aromatic heterocycles. The van der Waals surface area contributed by atoms with E-state index < -0.39 is 5.97 Å². The molecule has 3 aromatic rings. The third-order valence-electron chi connectivity index (χ3n) is 4.96. The van der Waals surface area contributed by atoms with E-state index in [4.69, 9.17) is 9.47 Å². The molecule has 1 amide bonds.